The maximum Gasteiger partial charge on any atom is 0.407 e. The summed E-state index contributed by atoms with van der Waals surface area (Å²) in [4.78, 5) is 23.8. The van der Waals surface area contributed by atoms with Gasteiger partial charge in [-0.25, -0.2) is 13.6 Å². The number of nitrogens with one attached hydrogen (secondary N) is 1. The first kappa shape index (κ1) is 21.5. The Balaban J connectivity index is 1.36. The third-order valence-electron chi connectivity index (χ3n) is 5.65. The first-order chi connectivity index (χ1) is 15.4. The third kappa shape index (κ3) is 4.46. The molecule has 4 rings (SSSR count). The minimum absolute atomic E-state index is 0.0593. The summed E-state index contributed by atoms with van der Waals surface area (Å²) in [6, 6.07) is 19.1. The topological polar surface area (TPSA) is 75.6 Å². The molecule has 0 heterocycles. The number of carbonyl (C=O) groups excluding carboxylic acids is 1. The normalized spacial score (nSPS) is 13.2. The van der Waals surface area contributed by atoms with Crippen LogP contribution in [0.4, 0.5) is 13.6 Å². The van der Waals surface area contributed by atoms with Crippen molar-refractivity contribution in [2.45, 2.75) is 12.3 Å². The SMILES string of the molecule is O=C(NC[C@H](Cc1ccc(F)c(F)c1)C(=O)O)OCC1c2ccccc2-c2ccccc21. The molecule has 0 bridgehead atoms. The van der Waals surface area contributed by atoms with Gasteiger partial charge < -0.3 is 15.2 Å². The summed E-state index contributed by atoms with van der Waals surface area (Å²) in [7, 11) is 0. The molecule has 2 N–H and O–H groups in total. The number of ether oxygens (including phenoxy) is 1. The van der Waals surface area contributed by atoms with Crippen molar-refractivity contribution >= 4 is 12.1 Å². The van der Waals surface area contributed by atoms with Crippen LogP contribution in [0.5, 0.6) is 0 Å². The van der Waals surface area contributed by atoms with E-state index in [0.29, 0.717) is 5.56 Å². The number of carbonyl (C=O) groups is 2. The molecule has 32 heavy (non-hydrogen) atoms. The van der Waals surface area contributed by atoms with Gasteiger partial charge in [0.2, 0.25) is 0 Å². The number of amides is 1. The molecule has 3 aromatic rings. The number of aliphatic carboxylic acids is 1. The molecule has 0 saturated heterocycles. The number of rotatable bonds is 7. The van der Waals surface area contributed by atoms with Crippen molar-refractivity contribution < 1.29 is 28.2 Å². The molecule has 1 atom stereocenters. The van der Waals surface area contributed by atoms with E-state index in [1.807, 2.05) is 48.5 Å². The molecule has 3 aromatic carbocycles. The predicted molar refractivity (Wildman–Crippen MR) is 114 cm³/mol. The average Bonchev–Trinajstić information content (AvgIpc) is 3.11. The molecular weight excluding hydrogens is 416 g/mol. The van der Waals surface area contributed by atoms with Crippen molar-refractivity contribution in [1.29, 1.82) is 0 Å². The molecule has 0 fully saturated rings. The quantitative estimate of drug-likeness (QED) is 0.560. The van der Waals surface area contributed by atoms with Crippen molar-refractivity contribution in [2.24, 2.45) is 5.92 Å². The van der Waals surface area contributed by atoms with Gasteiger partial charge in [-0.3, -0.25) is 4.79 Å². The van der Waals surface area contributed by atoms with Crippen LogP contribution in [0.1, 0.15) is 22.6 Å². The van der Waals surface area contributed by atoms with E-state index in [1.165, 1.54) is 6.07 Å². The molecular formula is C25H21F2NO4. The lowest BCUT2D eigenvalue weighted by atomic mass is 9.98. The van der Waals surface area contributed by atoms with Gasteiger partial charge in [0.1, 0.15) is 6.61 Å². The monoisotopic (exact) mass is 437 g/mol. The van der Waals surface area contributed by atoms with E-state index in [9.17, 15) is 23.5 Å². The molecule has 1 amide bonds. The number of alkyl carbamates (subject to hydrolysis) is 1. The number of carboxylic acid groups (broad SMARTS) is 1. The molecule has 0 aliphatic heterocycles. The minimum atomic E-state index is -1.16. The average molecular weight is 437 g/mol. The van der Waals surface area contributed by atoms with E-state index >= 15 is 0 Å². The van der Waals surface area contributed by atoms with E-state index in [-0.39, 0.29) is 25.5 Å². The zero-order chi connectivity index (χ0) is 22.7. The fourth-order valence-electron chi connectivity index (χ4n) is 4.05. The van der Waals surface area contributed by atoms with Gasteiger partial charge in [0, 0.05) is 12.5 Å². The second kappa shape index (κ2) is 9.18. The molecule has 0 radical (unpaired) electrons. The largest absolute Gasteiger partial charge is 0.481 e. The summed E-state index contributed by atoms with van der Waals surface area (Å²) in [5.74, 6) is -4.33. The molecule has 7 heteroatoms. The first-order valence-corrected chi connectivity index (χ1v) is 10.2. The first-order valence-electron chi connectivity index (χ1n) is 10.2. The van der Waals surface area contributed by atoms with E-state index in [0.717, 1.165) is 34.4 Å². The Morgan fingerprint density at radius 3 is 2.16 bits per heavy atom. The maximum absolute atomic E-state index is 13.4. The van der Waals surface area contributed by atoms with Crippen molar-refractivity contribution in [3.05, 3.63) is 95.1 Å². The molecule has 5 nitrogen and oxygen atoms in total. The van der Waals surface area contributed by atoms with Crippen LogP contribution in [0.15, 0.2) is 66.7 Å². The standard InChI is InChI=1S/C25H21F2NO4/c26-22-10-9-15(12-23(22)27)11-16(24(29)30)13-28-25(31)32-14-21-19-7-3-1-5-17(19)18-6-2-4-8-20(18)21/h1-10,12,16,21H,11,13-14H2,(H,28,31)(H,29,30)/t16-/m0/s1. The summed E-state index contributed by atoms with van der Waals surface area (Å²) in [6.45, 7) is -0.0915. The molecule has 0 unspecified atom stereocenters. The number of benzene rings is 3. The Labute approximate surface area is 183 Å². The van der Waals surface area contributed by atoms with Crippen LogP contribution in [0, 0.1) is 17.6 Å². The summed E-state index contributed by atoms with van der Waals surface area (Å²) in [5.41, 5.74) is 4.68. The highest BCUT2D eigenvalue weighted by Gasteiger charge is 2.29. The predicted octanol–water partition coefficient (Wildman–Crippen LogP) is 4.75. The number of hydrogen-bond acceptors (Lipinski definition) is 3. The smallest absolute Gasteiger partial charge is 0.407 e. The molecule has 164 valence electrons. The lowest BCUT2D eigenvalue weighted by Gasteiger charge is -2.16. The number of fused-ring (bicyclic) bond motifs is 3. The number of halogens is 2. The minimum Gasteiger partial charge on any atom is -0.481 e. The van der Waals surface area contributed by atoms with Crippen LogP contribution < -0.4 is 5.32 Å². The van der Waals surface area contributed by atoms with Crippen LogP contribution in [0.2, 0.25) is 0 Å². The van der Waals surface area contributed by atoms with Crippen LogP contribution in [-0.2, 0) is 16.0 Å². The van der Waals surface area contributed by atoms with Gasteiger partial charge in [0.25, 0.3) is 0 Å². The van der Waals surface area contributed by atoms with Crippen LogP contribution in [0.25, 0.3) is 11.1 Å². The highest BCUT2D eigenvalue weighted by molar-refractivity contribution is 5.79. The summed E-state index contributed by atoms with van der Waals surface area (Å²) < 4.78 is 31.9. The van der Waals surface area contributed by atoms with Gasteiger partial charge in [-0.2, -0.15) is 0 Å². The van der Waals surface area contributed by atoms with Crippen LogP contribution in [0.3, 0.4) is 0 Å². The van der Waals surface area contributed by atoms with Gasteiger partial charge in [0.05, 0.1) is 5.92 Å². The Hall–Kier alpha value is -3.74. The van der Waals surface area contributed by atoms with E-state index < -0.39 is 29.6 Å². The van der Waals surface area contributed by atoms with Crippen LogP contribution in [-0.4, -0.2) is 30.3 Å². The Morgan fingerprint density at radius 1 is 0.938 bits per heavy atom. The molecule has 0 spiro atoms. The summed E-state index contributed by atoms with van der Waals surface area (Å²) in [5, 5.41) is 11.9. The van der Waals surface area contributed by atoms with Crippen LogP contribution >= 0.6 is 0 Å². The number of carboxylic acids is 1. The van der Waals surface area contributed by atoms with E-state index in [1.54, 1.807) is 0 Å². The third-order valence-corrected chi connectivity index (χ3v) is 5.65. The van der Waals surface area contributed by atoms with Gasteiger partial charge >= 0.3 is 12.1 Å². The Morgan fingerprint density at radius 2 is 1.56 bits per heavy atom. The maximum atomic E-state index is 13.4. The Kier molecular flexibility index (Phi) is 6.16. The lowest BCUT2D eigenvalue weighted by molar-refractivity contribution is -0.141. The highest BCUT2D eigenvalue weighted by Crippen LogP contribution is 2.44. The van der Waals surface area contributed by atoms with Crippen molar-refractivity contribution in [1.82, 2.24) is 5.32 Å². The molecule has 1 aliphatic carbocycles. The summed E-state index contributed by atoms with van der Waals surface area (Å²) >= 11 is 0. The van der Waals surface area contributed by atoms with Gasteiger partial charge in [-0.05, 0) is 46.4 Å². The van der Waals surface area contributed by atoms with E-state index in [2.05, 4.69) is 5.32 Å². The van der Waals surface area contributed by atoms with Crippen molar-refractivity contribution in [3.63, 3.8) is 0 Å². The highest BCUT2D eigenvalue weighted by atomic mass is 19.2. The number of hydrogen-bond donors (Lipinski definition) is 2. The Bertz CT molecular complexity index is 1120. The van der Waals surface area contributed by atoms with E-state index in [4.69, 9.17) is 4.74 Å². The summed E-state index contributed by atoms with van der Waals surface area (Å²) in [6.07, 6.45) is -0.792. The van der Waals surface area contributed by atoms with Gasteiger partial charge in [0.15, 0.2) is 11.6 Å². The molecule has 0 aromatic heterocycles. The lowest BCUT2D eigenvalue weighted by Crippen LogP contribution is -2.35. The molecule has 1 aliphatic rings. The zero-order valence-corrected chi connectivity index (χ0v) is 17.1. The second-order valence-electron chi connectivity index (χ2n) is 7.69. The second-order valence-corrected chi connectivity index (χ2v) is 7.69. The molecule has 0 saturated carbocycles. The fraction of sp³-hybridized carbons (Fsp3) is 0.200. The van der Waals surface area contributed by atoms with Gasteiger partial charge in [-0.15, -0.1) is 0 Å². The van der Waals surface area contributed by atoms with Crippen molar-refractivity contribution in [3.8, 4) is 11.1 Å². The zero-order valence-electron chi connectivity index (χ0n) is 17.1. The van der Waals surface area contributed by atoms with Gasteiger partial charge in [-0.1, -0.05) is 54.6 Å². The van der Waals surface area contributed by atoms with Crippen molar-refractivity contribution in [2.75, 3.05) is 13.2 Å². The fourth-order valence-corrected chi connectivity index (χ4v) is 4.05.